The van der Waals surface area contributed by atoms with Crippen molar-refractivity contribution in [2.24, 2.45) is 7.05 Å². The molecule has 10 heavy (non-hydrogen) atoms. The van der Waals surface area contributed by atoms with Crippen LogP contribution in [0.25, 0.3) is 0 Å². The third kappa shape index (κ3) is 4.99. The zero-order valence-corrected chi connectivity index (χ0v) is 9.92. The van der Waals surface area contributed by atoms with Crippen LogP contribution in [0.15, 0.2) is 16.2 Å². The van der Waals surface area contributed by atoms with Gasteiger partial charge in [0.2, 0.25) is 0 Å². The van der Waals surface area contributed by atoms with Gasteiger partial charge >= 0.3 is 37.7 Å². The molecule has 1 heterocycles. The molecule has 0 atom stereocenters. The molecule has 0 spiro atoms. The fraction of sp³-hybridized carbons (Fsp3) is 0.250. The molecular formula is C4H5CaCl2NOS. The van der Waals surface area contributed by atoms with E-state index in [1.165, 1.54) is 11.5 Å². The van der Waals surface area contributed by atoms with Crippen LogP contribution in [-0.2, 0) is 7.05 Å². The van der Waals surface area contributed by atoms with Gasteiger partial charge in [0.25, 0.3) is 5.56 Å². The molecule has 2 nitrogen and oxygen atoms in total. The van der Waals surface area contributed by atoms with Crippen molar-refractivity contribution in [1.29, 1.82) is 0 Å². The summed E-state index contributed by atoms with van der Waals surface area (Å²) in [5, 5.41) is 1.77. The standard InChI is InChI=1S/C4H5NOS.Ca.2ClH/c1-5-4(6)2-3-7-5;;;/h2-3H,1H3;;2*1H/q;+2;;/p-2. The van der Waals surface area contributed by atoms with Crippen molar-refractivity contribution in [3.8, 4) is 0 Å². The number of aromatic nitrogens is 1. The van der Waals surface area contributed by atoms with E-state index in [4.69, 9.17) is 0 Å². The maximum Gasteiger partial charge on any atom is 2.00 e. The van der Waals surface area contributed by atoms with E-state index in [-0.39, 0.29) is 68.1 Å². The Morgan fingerprint density at radius 1 is 1.50 bits per heavy atom. The Balaban J connectivity index is -0.000000163. The Kier molecular flexibility index (Phi) is 14.5. The van der Waals surface area contributed by atoms with E-state index in [0.29, 0.717) is 0 Å². The van der Waals surface area contributed by atoms with Crippen LogP contribution in [0.3, 0.4) is 0 Å². The van der Waals surface area contributed by atoms with Crippen molar-refractivity contribution in [3.05, 3.63) is 21.8 Å². The molecule has 1 rings (SSSR count). The first-order valence-corrected chi connectivity index (χ1v) is 2.75. The molecule has 0 aliphatic heterocycles. The van der Waals surface area contributed by atoms with Crippen molar-refractivity contribution in [1.82, 2.24) is 3.96 Å². The number of rotatable bonds is 0. The van der Waals surface area contributed by atoms with Crippen molar-refractivity contribution >= 4 is 49.3 Å². The second kappa shape index (κ2) is 8.37. The van der Waals surface area contributed by atoms with Crippen molar-refractivity contribution in [2.75, 3.05) is 0 Å². The average molecular weight is 226 g/mol. The fourth-order valence-corrected chi connectivity index (χ4v) is 0.861. The van der Waals surface area contributed by atoms with Crippen LogP contribution in [0.5, 0.6) is 0 Å². The molecule has 0 N–H and O–H groups in total. The summed E-state index contributed by atoms with van der Waals surface area (Å²) in [4.78, 5) is 10.4. The molecule has 0 radical (unpaired) electrons. The average Bonchev–Trinajstić information content (AvgIpc) is 1.91. The van der Waals surface area contributed by atoms with Gasteiger partial charge in [-0.05, 0) is 0 Å². The van der Waals surface area contributed by atoms with Crippen molar-refractivity contribution < 1.29 is 24.8 Å². The van der Waals surface area contributed by atoms with E-state index < -0.39 is 0 Å². The third-order valence-electron chi connectivity index (χ3n) is 0.740. The Morgan fingerprint density at radius 3 is 2.10 bits per heavy atom. The third-order valence-corrected chi connectivity index (χ3v) is 1.49. The van der Waals surface area contributed by atoms with E-state index in [0.717, 1.165) is 0 Å². The molecule has 54 valence electrons. The molecule has 0 amide bonds. The van der Waals surface area contributed by atoms with Gasteiger partial charge in [-0.25, -0.2) is 0 Å². The Morgan fingerprint density at radius 2 is 2.00 bits per heavy atom. The topological polar surface area (TPSA) is 22.0 Å². The molecule has 0 aromatic carbocycles. The van der Waals surface area contributed by atoms with Gasteiger partial charge in [0.1, 0.15) is 0 Å². The summed E-state index contributed by atoms with van der Waals surface area (Å²) < 4.78 is 1.57. The van der Waals surface area contributed by atoms with Crippen LogP contribution in [-0.4, -0.2) is 41.7 Å². The van der Waals surface area contributed by atoms with E-state index in [1.807, 2.05) is 0 Å². The van der Waals surface area contributed by atoms with Gasteiger partial charge < -0.3 is 24.8 Å². The van der Waals surface area contributed by atoms with Crippen molar-refractivity contribution in [2.45, 2.75) is 0 Å². The summed E-state index contributed by atoms with van der Waals surface area (Å²) in [5.74, 6) is 0. The van der Waals surface area contributed by atoms with Gasteiger partial charge in [0.05, 0.1) is 0 Å². The molecule has 1 aromatic rings. The van der Waals surface area contributed by atoms with Gasteiger partial charge in [-0.3, -0.25) is 8.75 Å². The number of nitrogens with zero attached hydrogens (tertiary/aromatic N) is 1. The van der Waals surface area contributed by atoms with Crippen molar-refractivity contribution in [3.63, 3.8) is 0 Å². The Labute approximate surface area is 106 Å². The molecule has 0 saturated carbocycles. The fourth-order valence-electron chi connectivity index (χ4n) is 0.337. The number of hydrogen-bond acceptors (Lipinski definition) is 2. The number of hydrogen-bond donors (Lipinski definition) is 0. The minimum Gasteiger partial charge on any atom is -1.00 e. The zero-order chi connectivity index (χ0) is 5.28. The second-order valence-electron chi connectivity index (χ2n) is 1.24. The Bertz CT molecular complexity index is 211. The summed E-state index contributed by atoms with van der Waals surface area (Å²) in [7, 11) is 1.74. The SMILES string of the molecule is Cn1sccc1=O.[Ca+2].[Cl-].[Cl-]. The summed E-state index contributed by atoms with van der Waals surface area (Å²) in [6.45, 7) is 0. The van der Waals surface area contributed by atoms with Crippen LogP contribution < -0.4 is 30.4 Å². The van der Waals surface area contributed by atoms with Crippen LogP contribution >= 0.6 is 11.5 Å². The number of aryl methyl sites for hydroxylation is 1. The van der Waals surface area contributed by atoms with Crippen LogP contribution in [0, 0.1) is 0 Å². The monoisotopic (exact) mass is 225 g/mol. The molecule has 0 saturated heterocycles. The van der Waals surface area contributed by atoms with E-state index >= 15 is 0 Å². The second-order valence-corrected chi connectivity index (χ2v) is 2.27. The van der Waals surface area contributed by atoms with Gasteiger partial charge in [-0.15, -0.1) is 0 Å². The van der Waals surface area contributed by atoms with Crippen LogP contribution in [0.1, 0.15) is 0 Å². The van der Waals surface area contributed by atoms with E-state index in [1.54, 1.807) is 22.5 Å². The first-order valence-electron chi connectivity index (χ1n) is 1.92. The molecule has 0 fully saturated rings. The maximum absolute atomic E-state index is 10.4. The summed E-state index contributed by atoms with van der Waals surface area (Å²) >= 11 is 1.41. The molecule has 1 aromatic heterocycles. The minimum atomic E-state index is 0. The van der Waals surface area contributed by atoms with Crippen LogP contribution in [0.2, 0.25) is 0 Å². The van der Waals surface area contributed by atoms with Gasteiger partial charge in [-0.2, -0.15) is 0 Å². The summed E-state index contributed by atoms with van der Waals surface area (Å²) in [5.41, 5.74) is 0.0741. The largest absolute Gasteiger partial charge is 2.00 e. The Hall–Kier alpha value is 1.27. The summed E-state index contributed by atoms with van der Waals surface area (Å²) in [6.07, 6.45) is 0. The quantitative estimate of drug-likeness (QED) is 0.404. The molecule has 0 aliphatic rings. The zero-order valence-electron chi connectivity index (χ0n) is 5.38. The summed E-state index contributed by atoms with van der Waals surface area (Å²) in [6, 6.07) is 1.55. The number of halogens is 2. The molecule has 0 unspecified atom stereocenters. The van der Waals surface area contributed by atoms with Gasteiger partial charge in [0.15, 0.2) is 0 Å². The molecular weight excluding hydrogens is 221 g/mol. The molecule has 6 heteroatoms. The first kappa shape index (κ1) is 17.4. The predicted octanol–water partition coefficient (Wildman–Crippen LogP) is -5.93. The minimum absolute atomic E-state index is 0. The van der Waals surface area contributed by atoms with Gasteiger partial charge in [-0.1, -0.05) is 11.5 Å². The van der Waals surface area contributed by atoms with Gasteiger partial charge in [0, 0.05) is 18.5 Å². The molecule has 0 aliphatic carbocycles. The van der Waals surface area contributed by atoms with E-state index in [9.17, 15) is 4.79 Å². The maximum atomic E-state index is 10.4. The first-order chi connectivity index (χ1) is 3.30. The van der Waals surface area contributed by atoms with E-state index in [2.05, 4.69) is 0 Å². The smallest absolute Gasteiger partial charge is 1.00 e. The molecule has 0 bridgehead atoms. The van der Waals surface area contributed by atoms with Crippen LogP contribution in [0.4, 0.5) is 0 Å². The normalized spacial score (nSPS) is 6.50. The predicted molar refractivity (Wildman–Crippen MR) is 35.3 cm³/mol.